The first-order chi connectivity index (χ1) is 9.15. The second kappa shape index (κ2) is 7.41. The molecule has 0 bridgehead atoms. The number of rotatable bonds is 3. The molecule has 4 heteroatoms. The Morgan fingerprint density at radius 1 is 1.21 bits per heavy atom. The fourth-order valence-electron chi connectivity index (χ4n) is 3.20. The molecule has 2 fully saturated rings. The maximum atomic E-state index is 12.0. The lowest BCUT2D eigenvalue weighted by atomic mass is 9.82. The molecule has 0 aromatic rings. The number of nitrogens with one attached hydrogen (secondary N) is 1. The molecule has 0 saturated heterocycles. The Bertz CT molecular complexity index is 324. The summed E-state index contributed by atoms with van der Waals surface area (Å²) in [4.78, 5) is 12.7. The lowest BCUT2D eigenvalue weighted by Gasteiger charge is -2.25. The van der Waals surface area contributed by atoms with E-state index in [1.54, 1.807) is 0 Å². The molecule has 2 aliphatic carbocycles. The van der Waals surface area contributed by atoms with Crippen LogP contribution in [0.25, 0.3) is 0 Å². The molecule has 2 atom stereocenters. The van der Waals surface area contributed by atoms with Gasteiger partial charge >= 0.3 is 0 Å². The largest absolute Gasteiger partial charge is 0.273 e. The second-order valence-electron chi connectivity index (χ2n) is 6.23. The third-order valence-corrected chi connectivity index (χ3v) is 5.38. The van der Waals surface area contributed by atoms with Crippen molar-refractivity contribution < 1.29 is 4.79 Å². The Balaban J connectivity index is 1.70. The molecule has 0 radical (unpaired) electrons. The first kappa shape index (κ1) is 15.0. The van der Waals surface area contributed by atoms with E-state index in [0.717, 1.165) is 12.8 Å². The quantitative estimate of drug-likeness (QED) is 0.477. The van der Waals surface area contributed by atoms with Gasteiger partial charge in [-0.1, -0.05) is 35.7 Å². The first-order valence-electron chi connectivity index (χ1n) is 7.62. The van der Waals surface area contributed by atoms with Gasteiger partial charge in [0, 0.05) is 17.0 Å². The van der Waals surface area contributed by atoms with Crippen LogP contribution in [-0.2, 0) is 4.79 Å². The number of hydrazone groups is 1. The van der Waals surface area contributed by atoms with Gasteiger partial charge in [0.15, 0.2) is 0 Å². The molecule has 0 heterocycles. The molecule has 108 valence electrons. The van der Waals surface area contributed by atoms with E-state index in [0.29, 0.717) is 16.7 Å². The molecule has 2 saturated carbocycles. The van der Waals surface area contributed by atoms with Crippen molar-refractivity contribution in [3.05, 3.63) is 0 Å². The minimum atomic E-state index is 0.122. The summed E-state index contributed by atoms with van der Waals surface area (Å²) in [7, 11) is 0. The SMILES string of the molecule is CC1CCCC(C(=O)N/N=C/C2CCC(Br)CC2)C1. The number of amides is 1. The third-order valence-electron chi connectivity index (χ3n) is 4.47. The molecule has 1 N–H and O–H groups in total. The molecular formula is C15H25BrN2O. The van der Waals surface area contributed by atoms with Gasteiger partial charge in [-0.05, 0) is 50.4 Å². The molecule has 19 heavy (non-hydrogen) atoms. The Morgan fingerprint density at radius 2 is 1.95 bits per heavy atom. The van der Waals surface area contributed by atoms with E-state index >= 15 is 0 Å². The number of hydrogen-bond donors (Lipinski definition) is 1. The fraction of sp³-hybridized carbons (Fsp3) is 0.867. The summed E-state index contributed by atoms with van der Waals surface area (Å²) in [6, 6.07) is 0. The Hall–Kier alpha value is -0.380. The number of carbonyl (C=O) groups excluding carboxylic acids is 1. The highest BCUT2D eigenvalue weighted by molar-refractivity contribution is 9.09. The van der Waals surface area contributed by atoms with Crippen LogP contribution in [0.15, 0.2) is 5.10 Å². The van der Waals surface area contributed by atoms with Crippen LogP contribution in [0, 0.1) is 17.8 Å². The lowest BCUT2D eigenvalue weighted by molar-refractivity contribution is -0.126. The molecule has 2 unspecified atom stereocenters. The van der Waals surface area contributed by atoms with Crippen LogP contribution in [0.5, 0.6) is 0 Å². The van der Waals surface area contributed by atoms with E-state index in [-0.39, 0.29) is 11.8 Å². The van der Waals surface area contributed by atoms with E-state index < -0.39 is 0 Å². The normalized spacial score (nSPS) is 36.3. The Labute approximate surface area is 124 Å². The van der Waals surface area contributed by atoms with E-state index in [9.17, 15) is 4.79 Å². The molecule has 3 nitrogen and oxygen atoms in total. The van der Waals surface area contributed by atoms with E-state index in [4.69, 9.17) is 0 Å². The van der Waals surface area contributed by atoms with Gasteiger partial charge in [-0.25, -0.2) is 5.43 Å². The molecule has 0 spiro atoms. The van der Waals surface area contributed by atoms with Crippen molar-refractivity contribution in [2.24, 2.45) is 22.9 Å². The second-order valence-corrected chi connectivity index (χ2v) is 7.53. The first-order valence-corrected chi connectivity index (χ1v) is 8.54. The lowest BCUT2D eigenvalue weighted by Crippen LogP contribution is -2.30. The monoisotopic (exact) mass is 328 g/mol. The van der Waals surface area contributed by atoms with Crippen LogP contribution in [0.2, 0.25) is 0 Å². The number of carbonyl (C=O) groups is 1. The van der Waals surface area contributed by atoms with Crippen LogP contribution < -0.4 is 5.43 Å². The number of hydrogen-bond acceptors (Lipinski definition) is 2. The summed E-state index contributed by atoms with van der Waals surface area (Å²) < 4.78 is 0. The predicted molar refractivity (Wildman–Crippen MR) is 82.4 cm³/mol. The van der Waals surface area contributed by atoms with Crippen molar-refractivity contribution >= 4 is 28.1 Å². The summed E-state index contributed by atoms with van der Waals surface area (Å²) in [6.07, 6.45) is 11.2. The summed E-state index contributed by atoms with van der Waals surface area (Å²) in [5, 5.41) is 4.18. The van der Waals surface area contributed by atoms with Gasteiger partial charge in [0.2, 0.25) is 5.91 Å². The van der Waals surface area contributed by atoms with Crippen LogP contribution >= 0.6 is 15.9 Å². The van der Waals surface area contributed by atoms with E-state index in [2.05, 4.69) is 33.4 Å². The molecular weight excluding hydrogens is 304 g/mol. The minimum Gasteiger partial charge on any atom is -0.273 e. The molecule has 1 amide bonds. The fourth-order valence-corrected chi connectivity index (χ4v) is 3.73. The summed E-state index contributed by atoms with van der Waals surface area (Å²) in [5.41, 5.74) is 2.75. The Kier molecular flexibility index (Phi) is 5.86. The average molecular weight is 329 g/mol. The van der Waals surface area contributed by atoms with Gasteiger partial charge in [-0.15, -0.1) is 0 Å². The van der Waals surface area contributed by atoms with Crippen molar-refractivity contribution in [3.8, 4) is 0 Å². The predicted octanol–water partition coefficient (Wildman–Crippen LogP) is 3.87. The average Bonchev–Trinajstić information content (AvgIpc) is 2.41. The molecule has 0 aliphatic heterocycles. The third kappa shape index (κ3) is 4.90. The molecule has 2 aliphatic rings. The van der Waals surface area contributed by atoms with Crippen molar-refractivity contribution in [1.82, 2.24) is 5.43 Å². The summed E-state index contributed by atoms with van der Waals surface area (Å²) in [6.45, 7) is 2.24. The molecule has 0 aromatic heterocycles. The molecule has 2 rings (SSSR count). The smallest absolute Gasteiger partial charge is 0.243 e. The zero-order valence-corrected chi connectivity index (χ0v) is 13.4. The van der Waals surface area contributed by atoms with Crippen LogP contribution in [0.4, 0.5) is 0 Å². The Morgan fingerprint density at radius 3 is 2.63 bits per heavy atom. The highest BCUT2D eigenvalue weighted by Crippen LogP contribution is 2.29. The van der Waals surface area contributed by atoms with Gasteiger partial charge in [-0.3, -0.25) is 4.79 Å². The minimum absolute atomic E-state index is 0.122. The number of halogens is 1. The van der Waals surface area contributed by atoms with Crippen molar-refractivity contribution in [3.63, 3.8) is 0 Å². The zero-order chi connectivity index (χ0) is 13.7. The highest BCUT2D eigenvalue weighted by atomic mass is 79.9. The number of nitrogens with zero attached hydrogens (tertiary/aromatic N) is 1. The van der Waals surface area contributed by atoms with Crippen molar-refractivity contribution in [1.29, 1.82) is 0 Å². The van der Waals surface area contributed by atoms with Crippen LogP contribution in [0.1, 0.15) is 58.3 Å². The summed E-state index contributed by atoms with van der Waals surface area (Å²) in [5.74, 6) is 1.53. The molecule has 0 aromatic carbocycles. The highest BCUT2D eigenvalue weighted by Gasteiger charge is 2.24. The van der Waals surface area contributed by atoms with Crippen LogP contribution in [0.3, 0.4) is 0 Å². The maximum absolute atomic E-state index is 12.0. The van der Waals surface area contributed by atoms with Gasteiger partial charge in [0.25, 0.3) is 0 Å². The topological polar surface area (TPSA) is 41.5 Å². The zero-order valence-electron chi connectivity index (χ0n) is 11.8. The van der Waals surface area contributed by atoms with Gasteiger partial charge in [0.05, 0.1) is 0 Å². The van der Waals surface area contributed by atoms with Gasteiger partial charge in [0.1, 0.15) is 0 Å². The van der Waals surface area contributed by atoms with Gasteiger partial charge < -0.3 is 0 Å². The number of alkyl halides is 1. The van der Waals surface area contributed by atoms with E-state index in [1.807, 2.05) is 6.21 Å². The summed E-state index contributed by atoms with van der Waals surface area (Å²) >= 11 is 3.65. The van der Waals surface area contributed by atoms with Gasteiger partial charge in [-0.2, -0.15) is 5.10 Å². The maximum Gasteiger partial charge on any atom is 0.243 e. The standard InChI is InChI=1S/C15H25BrN2O/c1-11-3-2-4-13(9-11)15(19)18-17-10-12-5-7-14(16)8-6-12/h10-14H,2-9H2,1H3,(H,18,19)/b17-10+. The van der Waals surface area contributed by atoms with Crippen molar-refractivity contribution in [2.75, 3.05) is 0 Å². The van der Waals surface area contributed by atoms with Crippen molar-refractivity contribution in [2.45, 2.75) is 63.1 Å². The van der Waals surface area contributed by atoms with E-state index in [1.165, 1.54) is 38.5 Å². The van der Waals surface area contributed by atoms with Crippen LogP contribution in [-0.4, -0.2) is 16.9 Å².